The zero-order valence-electron chi connectivity index (χ0n) is 17.9. The molecule has 6 rings (SSSR count). The van der Waals surface area contributed by atoms with Crippen LogP contribution in [0.3, 0.4) is 0 Å². The van der Waals surface area contributed by atoms with Crippen molar-refractivity contribution in [1.29, 1.82) is 0 Å². The molecule has 0 N–H and O–H groups in total. The molecule has 3 aliphatic heterocycles. The van der Waals surface area contributed by atoms with E-state index in [1.165, 1.54) is 24.0 Å². The fraction of sp³-hybridized carbons (Fsp3) is 0.500. The molecule has 4 atom stereocenters. The number of hydrogen-bond acceptors (Lipinski definition) is 4. The van der Waals surface area contributed by atoms with E-state index < -0.39 is 0 Å². The molecule has 0 aromatic heterocycles. The molecular formula is C26H30N2O3. The Morgan fingerprint density at radius 3 is 2.42 bits per heavy atom. The van der Waals surface area contributed by atoms with Crippen LogP contribution < -0.4 is 0 Å². The molecule has 0 bridgehead atoms. The standard InChI is InChI=1S/C26H30N2O3/c29-25-18-30-23-15-24-26(31-24,16-22(23)28(25)17-19-7-3-1-4-8-19)27-13-11-21(12-14-27)20-9-5-2-6-10-20/h1-10,21-24H,11-18H2/t22-,23-,24-,26+/m0/s1. The molecule has 0 spiro atoms. The van der Waals surface area contributed by atoms with Crippen molar-refractivity contribution in [2.24, 2.45) is 0 Å². The average Bonchev–Trinajstić information content (AvgIpc) is 3.56. The third-order valence-corrected chi connectivity index (χ3v) is 7.81. The summed E-state index contributed by atoms with van der Waals surface area (Å²) in [5, 5.41) is 0. The second-order valence-electron chi connectivity index (χ2n) is 9.49. The van der Waals surface area contributed by atoms with Gasteiger partial charge in [0.1, 0.15) is 12.7 Å². The van der Waals surface area contributed by atoms with E-state index in [9.17, 15) is 4.79 Å². The summed E-state index contributed by atoms with van der Waals surface area (Å²) in [6.07, 6.45) is 4.41. The number of piperidine rings is 1. The van der Waals surface area contributed by atoms with E-state index in [0.29, 0.717) is 12.5 Å². The van der Waals surface area contributed by atoms with Gasteiger partial charge in [0.2, 0.25) is 5.91 Å². The molecule has 5 heteroatoms. The summed E-state index contributed by atoms with van der Waals surface area (Å²) in [6, 6.07) is 21.3. The zero-order chi connectivity index (χ0) is 20.8. The minimum Gasteiger partial charge on any atom is -0.366 e. The van der Waals surface area contributed by atoms with Gasteiger partial charge in [-0.2, -0.15) is 0 Å². The molecule has 31 heavy (non-hydrogen) atoms. The molecule has 4 aliphatic rings. The van der Waals surface area contributed by atoms with E-state index in [0.717, 1.165) is 25.9 Å². The van der Waals surface area contributed by atoms with Crippen molar-refractivity contribution in [2.45, 2.75) is 62.1 Å². The van der Waals surface area contributed by atoms with E-state index in [1.807, 2.05) is 18.2 Å². The maximum Gasteiger partial charge on any atom is 0.249 e. The van der Waals surface area contributed by atoms with Gasteiger partial charge in [0.25, 0.3) is 0 Å². The van der Waals surface area contributed by atoms with Crippen LogP contribution in [0.1, 0.15) is 42.7 Å². The Balaban J connectivity index is 1.17. The van der Waals surface area contributed by atoms with Crippen molar-refractivity contribution in [2.75, 3.05) is 19.7 Å². The third kappa shape index (κ3) is 3.49. The Labute approximate surface area is 183 Å². The van der Waals surface area contributed by atoms with Crippen molar-refractivity contribution in [1.82, 2.24) is 9.80 Å². The number of epoxide rings is 1. The van der Waals surface area contributed by atoms with Crippen LogP contribution in [0.4, 0.5) is 0 Å². The van der Waals surface area contributed by atoms with Crippen molar-refractivity contribution in [3.05, 3.63) is 71.8 Å². The SMILES string of the molecule is O=C1CO[C@H]2C[C@@H]3O[C@]3(N3CCC(c4ccccc4)CC3)C[C@@H]2N1Cc1ccccc1. The number of amides is 1. The Kier molecular flexibility index (Phi) is 4.86. The Morgan fingerprint density at radius 1 is 0.968 bits per heavy atom. The van der Waals surface area contributed by atoms with Crippen LogP contribution in [0, 0.1) is 0 Å². The Hall–Kier alpha value is -2.21. The number of carbonyl (C=O) groups excluding carboxylic acids is 1. The Bertz CT molecular complexity index is 928. The number of ether oxygens (including phenoxy) is 2. The molecule has 5 nitrogen and oxygen atoms in total. The quantitative estimate of drug-likeness (QED) is 0.713. The summed E-state index contributed by atoms with van der Waals surface area (Å²) < 4.78 is 12.4. The number of carbonyl (C=O) groups is 1. The summed E-state index contributed by atoms with van der Waals surface area (Å²) in [7, 11) is 0. The molecule has 162 valence electrons. The van der Waals surface area contributed by atoms with Gasteiger partial charge in [-0.1, -0.05) is 60.7 Å². The second-order valence-corrected chi connectivity index (χ2v) is 9.49. The predicted octanol–water partition coefficient (Wildman–Crippen LogP) is 3.55. The first-order valence-electron chi connectivity index (χ1n) is 11.7. The van der Waals surface area contributed by atoms with E-state index >= 15 is 0 Å². The van der Waals surface area contributed by atoms with Crippen molar-refractivity contribution in [3.63, 3.8) is 0 Å². The molecule has 3 heterocycles. The highest BCUT2D eigenvalue weighted by Gasteiger charge is 2.67. The van der Waals surface area contributed by atoms with Crippen LogP contribution in [-0.4, -0.2) is 59.4 Å². The lowest BCUT2D eigenvalue weighted by Crippen LogP contribution is -2.61. The summed E-state index contributed by atoms with van der Waals surface area (Å²) in [5.41, 5.74) is 2.43. The van der Waals surface area contributed by atoms with Gasteiger partial charge in [-0.15, -0.1) is 0 Å². The van der Waals surface area contributed by atoms with Crippen molar-refractivity contribution >= 4 is 5.91 Å². The molecule has 1 aliphatic carbocycles. The summed E-state index contributed by atoms with van der Waals surface area (Å²) in [6.45, 7) is 2.96. The predicted molar refractivity (Wildman–Crippen MR) is 117 cm³/mol. The molecule has 3 saturated heterocycles. The van der Waals surface area contributed by atoms with Gasteiger partial charge in [0.15, 0.2) is 5.72 Å². The van der Waals surface area contributed by atoms with E-state index in [2.05, 4.69) is 52.3 Å². The van der Waals surface area contributed by atoms with Gasteiger partial charge < -0.3 is 14.4 Å². The first-order valence-corrected chi connectivity index (χ1v) is 11.7. The number of morpholine rings is 1. The normalized spacial score (nSPS) is 33.6. The molecule has 2 aromatic carbocycles. The minimum absolute atomic E-state index is 0.0869. The van der Waals surface area contributed by atoms with Gasteiger partial charge in [-0.3, -0.25) is 9.69 Å². The number of nitrogens with zero attached hydrogens (tertiary/aromatic N) is 2. The summed E-state index contributed by atoms with van der Waals surface area (Å²) in [4.78, 5) is 17.4. The van der Waals surface area contributed by atoms with Crippen LogP contribution in [0.2, 0.25) is 0 Å². The highest BCUT2D eigenvalue weighted by molar-refractivity contribution is 5.78. The topological polar surface area (TPSA) is 45.3 Å². The highest BCUT2D eigenvalue weighted by Crippen LogP contribution is 2.53. The zero-order valence-corrected chi connectivity index (χ0v) is 17.9. The smallest absolute Gasteiger partial charge is 0.249 e. The Morgan fingerprint density at radius 2 is 1.68 bits per heavy atom. The summed E-state index contributed by atoms with van der Waals surface area (Å²) in [5.74, 6) is 0.735. The minimum atomic E-state index is -0.196. The molecule has 1 amide bonds. The second kappa shape index (κ2) is 7.73. The van der Waals surface area contributed by atoms with E-state index in [-0.39, 0.29) is 36.5 Å². The first-order chi connectivity index (χ1) is 15.2. The van der Waals surface area contributed by atoms with Crippen LogP contribution >= 0.6 is 0 Å². The number of hydrogen-bond donors (Lipinski definition) is 0. The van der Waals surface area contributed by atoms with E-state index in [1.54, 1.807) is 0 Å². The van der Waals surface area contributed by atoms with E-state index in [4.69, 9.17) is 9.47 Å². The largest absolute Gasteiger partial charge is 0.366 e. The fourth-order valence-corrected chi connectivity index (χ4v) is 6.07. The van der Waals surface area contributed by atoms with Crippen LogP contribution in [0.25, 0.3) is 0 Å². The van der Waals surface area contributed by atoms with Crippen LogP contribution in [0.15, 0.2) is 60.7 Å². The maximum absolute atomic E-state index is 12.8. The third-order valence-electron chi connectivity index (χ3n) is 7.81. The van der Waals surface area contributed by atoms with Crippen molar-refractivity contribution in [3.8, 4) is 0 Å². The molecule has 2 aromatic rings. The van der Waals surface area contributed by atoms with Crippen LogP contribution in [0.5, 0.6) is 0 Å². The number of fused-ring (bicyclic) bond motifs is 2. The van der Waals surface area contributed by atoms with Gasteiger partial charge in [0.05, 0.1) is 12.1 Å². The number of rotatable bonds is 4. The first kappa shape index (κ1) is 19.5. The van der Waals surface area contributed by atoms with Gasteiger partial charge in [0, 0.05) is 32.5 Å². The lowest BCUT2D eigenvalue weighted by Gasteiger charge is -2.47. The van der Waals surface area contributed by atoms with Gasteiger partial charge >= 0.3 is 0 Å². The fourth-order valence-electron chi connectivity index (χ4n) is 6.07. The molecule has 0 radical (unpaired) electrons. The maximum atomic E-state index is 12.8. The molecule has 4 fully saturated rings. The lowest BCUT2D eigenvalue weighted by atomic mass is 9.83. The molecular weight excluding hydrogens is 388 g/mol. The van der Waals surface area contributed by atoms with Gasteiger partial charge in [-0.05, 0) is 29.9 Å². The summed E-state index contributed by atoms with van der Waals surface area (Å²) >= 11 is 0. The van der Waals surface area contributed by atoms with Crippen molar-refractivity contribution < 1.29 is 14.3 Å². The number of benzene rings is 2. The molecule has 0 unspecified atom stereocenters. The molecule has 1 saturated carbocycles. The number of likely N-dealkylation sites (tertiary alicyclic amines) is 1. The highest BCUT2D eigenvalue weighted by atomic mass is 16.6. The lowest BCUT2D eigenvalue weighted by molar-refractivity contribution is -0.164. The van der Waals surface area contributed by atoms with Crippen LogP contribution in [-0.2, 0) is 20.8 Å². The average molecular weight is 419 g/mol. The van der Waals surface area contributed by atoms with Gasteiger partial charge in [-0.25, -0.2) is 0 Å². The monoisotopic (exact) mass is 418 g/mol.